The van der Waals surface area contributed by atoms with Crippen molar-refractivity contribution in [2.75, 3.05) is 5.43 Å². The molecule has 0 spiro atoms. The van der Waals surface area contributed by atoms with E-state index in [1.54, 1.807) is 5.38 Å². The summed E-state index contributed by atoms with van der Waals surface area (Å²) in [7, 11) is 0. The van der Waals surface area contributed by atoms with Gasteiger partial charge in [0.15, 0.2) is 5.11 Å². The number of rotatable bonds is 2. The van der Waals surface area contributed by atoms with E-state index in [0.29, 0.717) is 5.82 Å². The summed E-state index contributed by atoms with van der Waals surface area (Å²) in [4.78, 5) is 12.9. The standard InChI is InChI=1S/C4H6N4OS2/c5-3(10)8-7-2-1-11-4(9)6-2/h1,7H,(H,6,9)(H3,5,8,10). The van der Waals surface area contributed by atoms with Gasteiger partial charge in [0.05, 0.1) is 0 Å². The molecule has 0 unspecified atom stereocenters. The Balaban J connectivity index is 2.51. The van der Waals surface area contributed by atoms with Crippen LogP contribution < -0.4 is 21.5 Å². The Morgan fingerprint density at radius 2 is 2.55 bits per heavy atom. The number of nitrogens with one attached hydrogen (secondary N) is 3. The molecule has 1 rings (SSSR count). The molecule has 0 saturated heterocycles. The monoisotopic (exact) mass is 190 g/mol. The lowest BCUT2D eigenvalue weighted by Gasteiger charge is -2.02. The molecule has 60 valence electrons. The number of hydrogen-bond donors (Lipinski definition) is 4. The minimum absolute atomic E-state index is 0.122. The maximum Gasteiger partial charge on any atom is 0.306 e. The van der Waals surface area contributed by atoms with Crippen LogP contribution in [-0.2, 0) is 0 Å². The summed E-state index contributed by atoms with van der Waals surface area (Å²) in [6, 6.07) is 0. The second-order valence-electron chi connectivity index (χ2n) is 1.68. The first-order valence-electron chi connectivity index (χ1n) is 2.68. The summed E-state index contributed by atoms with van der Waals surface area (Å²) >= 11 is 5.58. The molecule has 0 aliphatic carbocycles. The highest BCUT2D eigenvalue weighted by molar-refractivity contribution is 7.80. The van der Waals surface area contributed by atoms with E-state index in [9.17, 15) is 4.79 Å². The van der Waals surface area contributed by atoms with Crippen LogP contribution in [-0.4, -0.2) is 10.1 Å². The van der Waals surface area contributed by atoms with E-state index in [-0.39, 0.29) is 9.99 Å². The maximum atomic E-state index is 10.6. The van der Waals surface area contributed by atoms with Crippen LogP contribution in [0.3, 0.4) is 0 Å². The van der Waals surface area contributed by atoms with E-state index in [1.807, 2.05) is 0 Å². The lowest BCUT2D eigenvalue weighted by atomic mass is 10.8. The van der Waals surface area contributed by atoms with Crippen LogP contribution in [0.5, 0.6) is 0 Å². The van der Waals surface area contributed by atoms with E-state index in [2.05, 4.69) is 28.1 Å². The molecule has 11 heavy (non-hydrogen) atoms. The number of aromatic amines is 1. The number of thiocarbonyl (C=S) groups is 1. The number of H-pyrrole nitrogens is 1. The minimum atomic E-state index is -0.128. The minimum Gasteiger partial charge on any atom is -0.375 e. The Morgan fingerprint density at radius 3 is 3.00 bits per heavy atom. The third-order valence-corrected chi connectivity index (χ3v) is 1.61. The molecule has 0 bridgehead atoms. The van der Waals surface area contributed by atoms with Gasteiger partial charge in [0.2, 0.25) is 0 Å². The SMILES string of the molecule is NC(=S)NNc1csc(=O)[nH]1. The van der Waals surface area contributed by atoms with Crippen LogP contribution in [0.2, 0.25) is 0 Å². The maximum absolute atomic E-state index is 10.6. The fourth-order valence-corrected chi connectivity index (χ4v) is 1.03. The largest absolute Gasteiger partial charge is 0.375 e. The molecule has 5 N–H and O–H groups in total. The van der Waals surface area contributed by atoms with E-state index in [4.69, 9.17) is 5.73 Å². The fraction of sp³-hybridized carbons (Fsp3) is 0. The average molecular weight is 190 g/mol. The first kappa shape index (κ1) is 8.02. The molecule has 0 atom stereocenters. The van der Waals surface area contributed by atoms with Crippen molar-refractivity contribution in [3.8, 4) is 0 Å². The van der Waals surface area contributed by atoms with Crippen molar-refractivity contribution in [1.29, 1.82) is 0 Å². The van der Waals surface area contributed by atoms with E-state index in [0.717, 1.165) is 11.3 Å². The summed E-state index contributed by atoms with van der Waals surface area (Å²) in [5, 5.41) is 1.74. The predicted octanol–water partition coefficient (Wildman–Crippen LogP) is -0.404. The average Bonchev–Trinajstić information content (AvgIpc) is 2.31. The fourth-order valence-electron chi connectivity index (χ4n) is 0.471. The third kappa shape index (κ3) is 2.56. The number of hydrogen-bond acceptors (Lipinski definition) is 4. The highest BCUT2D eigenvalue weighted by Crippen LogP contribution is 1.98. The molecule has 0 aromatic carbocycles. The van der Waals surface area contributed by atoms with Gasteiger partial charge in [-0.15, -0.1) is 0 Å². The molecular formula is C4H6N4OS2. The molecule has 1 aromatic rings. The zero-order valence-electron chi connectivity index (χ0n) is 5.38. The van der Waals surface area contributed by atoms with Gasteiger partial charge in [-0.1, -0.05) is 11.3 Å². The molecule has 0 fully saturated rings. The predicted molar refractivity (Wildman–Crippen MR) is 48.5 cm³/mol. The Kier molecular flexibility index (Phi) is 2.44. The van der Waals surface area contributed by atoms with Crippen molar-refractivity contribution < 1.29 is 0 Å². The van der Waals surface area contributed by atoms with Crippen LogP contribution in [0.25, 0.3) is 0 Å². The number of nitrogens with two attached hydrogens (primary N) is 1. The van der Waals surface area contributed by atoms with Crippen LogP contribution in [0, 0.1) is 0 Å². The summed E-state index contributed by atoms with van der Waals surface area (Å²) in [5.74, 6) is 0.549. The van der Waals surface area contributed by atoms with Crippen molar-refractivity contribution in [1.82, 2.24) is 10.4 Å². The molecule has 0 saturated carbocycles. The van der Waals surface area contributed by atoms with Gasteiger partial charge in [-0.05, 0) is 12.2 Å². The first-order valence-corrected chi connectivity index (χ1v) is 3.96. The molecule has 1 aromatic heterocycles. The van der Waals surface area contributed by atoms with Gasteiger partial charge in [-0.2, -0.15) is 0 Å². The summed E-state index contributed by atoms with van der Waals surface area (Å²) < 4.78 is 0. The van der Waals surface area contributed by atoms with Crippen LogP contribution in [0.15, 0.2) is 10.2 Å². The highest BCUT2D eigenvalue weighted by Gasteiger charge is 1.93. The quantitative estimate of drug-likeness (QED) is 0.377. The van der Waals surface area contributed by atoms with Gasteiger partial charge in [0, 0.05) is 5.38 Å². The second kappa shape index (κ2) is 3.35. The van der Waals surface area contributed by atoms with Crippen molar-refractivity contribution in [3.05, 3.63) is 15.0 Å². The molecule has 0 aliphatic heterocycles. The highest BCUT2D eigenvalue weighted by atomic mass is 32.1. The number of anilines is 1. The van der Waals surface area contributed by atoms with Gasteiger partial charge in [-0.25, -0.2) is 0 Å². The molecule has 0 radical (unpaired) electrons. The molecular weight excluding hydrogens is 184 g/mol. The van der Waals surface area contributed by atoms with Crippen molar-refractivity contribution in [2.24, 2.45) is 5.73 Å². The van der Waals surface area contributed by atoms with E-state index < -0.39 is 0 Å². The van der Waals surface area contributed by atoms with Gasteiger partial charge in [0.25, 0.3) is 0 Å². The summed E-state index contributed by atoms with van der Waals surface area (Å²) in [6.45, 7) is 0. The third-order valence-electron chi connectivity index (χ3n) is 0.841. The Labute approximate surface area is 71.6 Å². The van der Waals surface area contributed by atoms with E-state index in [1.165, 1.54) is 0 Å². The van der Waals surface area contributed by atoms with Crippen molar-refractivity contribution in [2.45, 2.75) is 0 Å². The Bertz CT molecular complexity index is 303. The van der Waals surface area contributed by atoms with E-state index >= 15 is 0 Å². The van der Waals surface area contributed by atoms with Gasteiger partial charge >= 0.3 is 4.87 Å². The molecule has 1 heterocycles. The molecule has 5 nitrogen and oxygen atoms in total. The van der Waals surface area contributed by atoms with Gasteiger partial charge in [0.1, 0.15) is 5.82 Å². The van der Waals surface area contributed by atoms with Gasteiger partial charge < -0.3 is 5.73 Å². The number of aromatic nitrogens is 1. The van der Waals surface area contributed by atoms with Crippen molar-refractivity contribution in [3.63, 3.8) is 0 Å². The first-order chi connectivity index (χ1) is 5.18. The van der Waals surface area contributed by atoms with Crippen LogP contribution >= 0.6 is 23.6 Å². The lowest BCUT2D eigenvalue weighted by molar-refractivity contribution is 1.09. The second-order valence-corrected chi connectivity index (χ2v) is 2.96. The normalized spacial score (nSPS) is 9.09. The summed E-state index contributed by atoms with van der Waals surface area (Å²) in [6.07, 6.45) is 0. The zero-order valence-corrected chi connectivity index (χ0v) is 7.01. The number of hydrazine groups is 1. The van der Waals surface area contributed by atoms with Gasteiger partial charge in [-0.3, -0.25) is 20.6 Å². The van der Waals surface area contributed by atoms with Crippen LogP contribution in [0.4, 0.5) is 5.82 Å². The topological polar surface area (TPSA) is 82.9 Å². The smallest absolute Gasteiger partial charge is 0.306 e. The Morgan fingerprint density at radius 1 is 1.82 bits per heavy atom. The van der Waals surface area contributed by atoms with Crippen LogP contribution in [0.1, 0.15) is 0 Å². The lowest BCUT2D eigenvalue weighted by Crippen LogP contribution is -2.34. The molecule has 0 aliphatic rings. The Hall–Kier alpha value is -1.08. The zero-order chi connectivity index (χ0) is 8.27. The summed E-state index contributed by atoms with van der Waals surface area (Å²) in [5.41, 5.74) is 10.2. The molecule has 0 amide bonds. The number of thiazole rings is 1. The molecule has 7 heteroatoms. The van der Waals surface area contributed by atoms with Crippen molar-refractivity contribution >= 4 is 34.5 Å².